The lowest BCUT2D eigenvalue weighted by Crippen LogP contribution is -2.33. The van der Waals surface area contributed by atoms with Crippen LogP contribution in [0.4, 0.5) is 5.69 Å². The molecule has 0 saturated heterocycles. The van der Waals surface area contributed by atoms with Gasteiger partial charge in [-0.1, -0.05) is 0 Å². The molecule has 0 aliphatic rings. The lowest BCUT2D eigenvalue weighted by atomic mass is 10.3. The van der Waals surface area contributed by atoms with Gasteiger partial charge in [0.25, 0.3) is 0 Å². The van der Waals surface area contributed by atoms with Crippen molar-refractivity contribution in [3.05, 3.63) is 11.9 Å². The van der Waals surface area contributed by atoms with Gasteiger partial charge in [-0.05, 0) is 6.92 Å². The number of hydrogen-bond donors (Lipinski definition) is 3. The van der Waals surface area contributed by atoms with E-state index >= 15 is 0 Å². The van der Waals surface area contributed by atoms with Crippen molar-refractivity contribution in [3.63, 3.8) is 0 Å². The molecule has 100 valence electrons. The standard InChI is InChI=1S/C10H16N4O4/c1-6(9(15)12-3-4-18-2)14-5-7(11)8(13-14)10(16)17/h5-6H,3-4,11H2,1-2H3,(H,12,15)(H,16,17). The molecule has 4 N–H and O–H groups in total. The molecule has 0 aliphatic carbocycles. The number of nitrogens with two attached hydrogens (primary N) is 1. The molecule has 0 aliphatic heterocycles. The molecular formula is C10H16N4O4. The summed E-state index contributed by atoms with van der Waals surface area (Å²) in [6, 6.07) is -0.641. The van der Waals surface area contributed by atoms with Crippen molar-refractivity contribution in [2.24, 2.45) is 0 Å². The SMILES string of the molecule is COCCNC(=O)C(C)n1cc(N)c(C(=O)O)n1. The Morgan fingerprint density at radius 1 is 1.67 bits per heavy atom. The number of rotatable bonds is 6. The number of methoxy groups -OCH3 is 1. The Hall–Kier alpha value is -2.09. The third-order valence-electron chi connectivity index (χ3n) is 2.34. The molecule has 1 amide bonds. The Bertz CT molecular complexity index is 443. The molecular weight excluding hydrogens is 240 g/mol. The maximum absolute atomic E-state index is 11.7. The molecule has 8 heteroatoms. The Labute approximate surface area is 104 Å². The van der Waals surface area contributed by atoms with Gasteiger partial charge in [0.2, 0.25) is 5.91 Å². The second-order valence-electron chi connectivity index (χ2n) is 3.68. The number of anilines is 1. The molecule has 0 spiro atoms. The van der Waals surface area contributed by atoms with Crippen molar-refractivity contribution in [2.75, 3.05) is 26.0 Å². The van der Waals surface area contributed by atoms with Gasteiger partial charge in [-0.15, -0.1) is 0 Å². The van der Waals surface area contributed by atoms with Crippen molar-refractivity contribution >= 4 is 17.6 Å². The quantitative estimate of drug-likeness (QED) is 0.589. The number of aromatic carboxylic acids is 1. The number of nitrogens with one attached hydrogen (secondary N) is 1. The zero-order valence-corrected chi connectivity index (χ0v) is 10.2. The van der Waals surface area contributed by atoms with Crippen molar-refractivity contribution in [1.29, 1.82) is 0 Å². The third kappa shape index (κ3) is 3.20. The van der Waals surface area contributed by atoms with Crippen LogP contribution in [0.25, 0.3) is 0 Å². The fourth-order valence-corrected chi connectivity index (χ4v) is 1.31. The van der Waals surface area contributed by atoms with E-state index in [4.69, 9.17) is 15.6 Å². The normalized spacial score (nSPS) is 12.1. The molecule has 0 radical (unpaired) electrons. The van der Waals surface area contributed by atoms with Gasteiger partial charge >= 0.3 is 5.97 Å². The highest BCUT2D eigenvalue weighted by Gasteiger charge is 2.20. The van der Waals surface area contributed by atoms with Crippen LogP contribution >= 0.6 is 0 Å². The van der Waals surface area contributed by atoms with Crippen LogP contribution < -0.4 is 11.1 Å². The number of amides is 1. The minimum Gasteiger partial charge on any atom is -0.476 e. The van der Waals surface area contributed by atoms with E-state index in [0.29, 0.717) is 13.2 Å². The first-order chi connectivity index (χ1) is 8.47. The van der Waals surface area contributed by atoms with Gasteiger partial charge in [-0.3, -0.25) is 9.48 Å². The second kappa shape index (κ2) is 6.01. The number of carboxylic acid groups (broad SMARTS) is 1. The number of aromatic nitrogens is 2. The fourth-order valence-electron chi connectivity index (χ4n) is 1.31. The molecule has 0 bridgehead atoms. The molecule has 1 unspecified atom stereocenters. The minimum atomic E-state index is -1.22. The van der Waals surface area contributed by atoms with Crippen LogP contribution in [-0.4, -0.2) is 47.0 Å². The van der Waals surface area contributed by atoms with Crippen LogP contribution in [0.15, 0.2) is 6.20 Å². The fraction of sp³-hybridized carbons (Fsp3) is 0.500. The van der Waals surface area contributed by atoms with Gasteiger partial charge in [0.1, 0.15) is 6.04 Å². The molecule has 8 nitrogen and oxygen atoms in total. The molecule has 0 saturated carbocycles. The van der Waals surface area contributed by atoms with Gasteiger partial charge in [0, 0.05) is 19.9 Å². The highest BCUT2D eigenvalue weighted by atomic mass is 16.5. The predicted octanol–water partition coefficient (Wildman–Crippen LogP) is -0.513. The van der Waals surface area contributed by atoms with E-state index in [9.17, 15) is 9.59 Å². The summed E-state index contributed by atoms with van der Waals surface area (Å²) in [5.41, 5.74) is 5.26. The summed E-state index contributed by atoms with van der Waals surface area (Å²) < 4.78 is 6.02. The van der Waals surface area contributed by atoms with Gasteiger partial charge in [-0.2, -0.15) is 5.10 Å². The van der Waals surface area contributed by atoms with Crippen LogP contribution in [0, 0.1) is 0 Å². The summed E-state index contributed by atoms with van der Waals surface area (Å²) in [6.07, 6.45) is 1.32. The first-order valence-corrected chi connectivity index (χ1v) is 5.32. The molecule has 1 aromatic rings. The number of carbonyl (C=O) groups is 2. The van der Waals surface area contributed by atoms with Crippen LogP contribution in [-0.2, 0) is 9.53 Å². The molecule has 1 rings (SSSR count). The van der Waals surface area contributed by atoms with E-state index in [2.05, 4.69) is 10.4 Å². The number of ether oxygens (including phenoxy) is 1. The zero-order valence-electron chi connectivity index (χ0n) is 10.2. The van der Waals surface area contributed by atoms with Gasteiger partial charge in [-0.25, -0.2) is 4.79 Å². The van der Waals surface area contributed by atoms with Crippen LogP contribution in [0.2, 0.25) is 0 Å². The lowest BCUT2D eigenvalue weighted by Gasteiger charge is -2.12. The first kappa shape index (κ1) is 14.0. The highest BCUT2D eigenvalue weighted by molar-refractivity contribution is 5.91. The van der Waals surface area contributed by atoms with E-state index < -0.39 is 12.0 Å². The van der Waals surface area contributed by atoms with E-state index in [1.54, 1.807) is 6.92 Å². The molecule has 18 heavy (non-hydrogen) atoms. The van der Waals surface area contributed by atoms with E-state index in [-0.39, 0.29) is 17.3 Å². The summed E-state index contributed by atoms with van der Waals surface area (Å²) in [4.78, 5) is 22.5. The largest absolute Gasteiger partial charge is 0.476 e. The van der Waals surface area contributed by atoms with Gasteiger partial charge in [0.15, 0.2) is 5.69 Å². The Kier molecular flexibility index (Phi) is 4.67. The summed E-state index contributed by atoms with van der Waals surface area (Å²) in [7, 11) is 1.53. The lowest BCUT2D eigenvalue weighted by molar-refractivity contribution is -0.124. The summed E-state index contributed by atoms with van der Waals surface area (Å²) in [6.45, 7) is 2.38. The van der Waals surface area contributed by atoms with Crippen LogP contribution in [0.3, 0.4) is 0 Å². The molecule has 1 atom stereocenters. The van der Waals surface area contributed by atoms with Crippen LogP contribution in [0.5, 0.6) is 0 Å². The molecule has 1 aromatic heterocycles. The Balaban J connectivity index is 2.71. The van der Waals surface area contributed by atoms with Crippen molar-refractivity contribution in [1.82, 2.24) is 15.1 Å². The average molecular weight is 256 g/mol. The minimum absolute atomic E-state index is 0.0269. The number of carboxylic acids is 1. The smallest absolute Gasteiger partial charge is 0.358 e. The number of nitrogen functional groups attached to an aromatic ring is 1. The van der Waals surface area contributed by atoms with E-state index in [0.717, 1.165) is 0 Å². The maximum atomic E-state index is 11.7. The second-order valence-corrected chi connectivity index (χ2v) is 3.68. The highest BCUT2D eigenvalue weighted by Crippen LogP contribution is 2.13. The van der Waals surface area contributed by atoms with Gasteiger partial charge < -0.3 is 20.9 Å². The summed E-state index contributed by atoms with van der Waals surface area (Å²) in [5, 5.41) is 15.2. The van der Waals surface area contributed by atoms with Crippen LogP contribution in [0.1, 0.15) is 23.5 Å². The van der Waals surface area contributed by atoms with Crippen molar-refractivity contribution in [3.8, 4) is 0 Å². The molecule has 1 heterocycles. The number of hydrogen-bond acceptors (Lipinski definition) is 5. The monoisotopic (exact) mass is 256 g/mol. The topological polar surface area (TPSA) is 119 Å². The van der Waals surface area contributed by atoms with Crippen molar-refractivity contribution in [2.45, 2.75) is 13.0 Å². The first-order valence-electron chi connectivity index (χ1n) is 5.32. The molecule has 0 fully saturated rings. The van der Waals surface area contributed by atoms with Crippen molar-refractivity contribution < 1.29 is 19.4 Å². The predicted molar refractivity (Wildman–Crippen MR) is 63.2 cm³/mol. The number of carbonyl (C=O) groups excluding carboxylic acids is 1. The third-order valence-corrected chi connectivity index (χ3v) is 2.34. The maximum Gasteiger partial charge on any atom is 0.358 e. The molecule has 0 aromatic carbocycles. The van der Waals surface area contributed by atoms with E-state index in [1.807, 2.05) is 0 Å². The Morgan fingerprint density at radius 2 is 2.33 bits per heavy atom. The van der Waals surface area contributed by atoms with Gasteiger partial charge in [0.05, 0.1) is 12.3 Å². The average Bonchev–Trinajstić information content (AvgIpc) is 2.70. The zero-order chi connectivity index (χ0) is 13.7. The Morgan fingerprint density at radius 3 is 2.83 bits per heavy atom. The number of nitrogens with zero attached hydrogens (tertiary/aromatic N) is 2. The van der Waals surface area contributed by atoms with E-state index in [1.165, 1.54) is 18.0 Å². The summed E-state index contributed by atoms with van der Waals surface area (Å²) >= 11 is 0. The summed E-state index contributed by atoms with van der Waals surface area (Å²) in [5.74, 6) is -1.51.